The fourth-order valence-corrected chi connectivity index (χ4v) is 2.34. The second-order valence-electron chi connectivity index (χ2n) is 3.86. The van der Waals surface area contributed by atoms with E-state index >= 15 is 0 Å². The van der Waals surface area contributed by atoms with Gasteiger partial charge in [-0.1, -0.05) is 6.92 Å². The topological polar surface area (TPSA) is 78.4 Å². The van der Waals surface area contributed by atoms with Crippen molar-refractivity contribution >= 4 is 10.2 Å². The van der Waals surface area contributed by atoms with Crippen LogP contribution < -0.4 is 9.44 Å². The van der Waals surface area contributed by atoms with Crippen LogP contribution in [0.2, 0.25) is 0 Å². The van der Waals surface area contributed by atoms with E-state index in [1.54, 1.807) is 13.8 Å². The Bertz CT molecular complexity index is 249. The van der Waals surface area contributed by atoms with Gasteiger partial charge in [-0.2, -0.15) is 13.1 Å². The summed E-state index contributed by atoms with van der Waals surface area (Å²) in [5, 5.41) is 8.72. The summed E-state index contributed by atoms with van der Waals surface area (Å²) in [4.78, 5) is 0. The fourth-order valence-electron chi connectivity index (χ4n) is 0.967. The summed E-state index contributed by atoms with van der Waals surface area (Å²) in [6.07, 6.45) is 1.14. The lowest BCUT2D eigenvalue weighted by Crippen LogP contribution is -2.49. The molecular weight excluding hydrogens is 204 g/mol. The molecule has 0 amide bonds. The minimum absolute atomic E-state index is 0.0384. The van der Waals surface area contributed by atoms with Crippen molar-refractivity contribution < 1.29 is 13.5 Å². The van der Waals surface area contributed by atoms with Gasteiger partial charge in [-0.05, 0) is 26.7 Å². The van der Waals surface area contributed by atoms with Crippen LogP contribution in [0.1, 0.15) is 33.6 Å². The van der Waals surface area contributed by atoms with E-state index < -0.39 is 15.7 Å². The second-order valence-corrected chi connectivity index (χ2v) is 5.36. The maximum atomic E-state index is 11.4. The summed E-state index contributed by atoms with van der Waals surface area (Å²) in [6, 6.07) is 0. The second kappa shape index (κ2) is 5.65. The first-order chi connectivity index (χ1) is 6.33. The standard InChI is InChI=1S/C8H20N2O3S/c1-4-6-9-14(12,13)10-8(2,3)5-7-11/h9-11H,4-7H2,1-3H3. The summed E-state index contributed by atoms with van der Waals surface area (Å²) < 4.78 is 27.6. The van der Waals surface area contributed by atoms with Crippen LogP contribution in [0.25, 0.3) is 0 Å². The van der Waals surface area contributed by atoms with Gasteiger partial charge in [0.05, 0.1) is 0 Å². The summed E-state index contributed by atoms with van der Waals surface area (Å²) in [7, 11) is -3.43. The molecule has 0 aliphatic heterocycles. The quantitative estimate of drug-likeness (QED) is 0.569. The zero-order valence-electron chi connectivity index (χ0n) is 9.00. The molecule has 0 saturated heterocycles. The molecule has 0 fully saturated rings. The van der Waals surface area contributed by atoms with Crippen molar-refractivity contribution in [3.63, 3.8) is 0 Å². The molecule has 0 aromatic heterocycles. The van der Waals surface area contributed by atoms with Gasteiger partial charge in [0.1, 0.15) is 0 Å². The molecule has 0 rings (SSSR count). The van der Waals surface area contributed by atoms with Gasteiger partial charge in [-0.25, -0.2) is 4.72 Å². The molecule has 6 heteroatoms. The van der Waals surface area contributed by atoms with Crippen molar-refractivity contribution in [2.75, 3.05) is 13.2 Å². The zero-order chi connectivity index (χ0) is 11.2. The minimum atomic E-state index is -3.43. The SMILES string of the molecule is CCCNS(=O)(=O)NC(C)(C)CCO. The molecule has 0 saturated carbocycles. The number of rotatable bonds is 7. The molecule has 0 aliphatic carbocycles. The van der Waals surface area contributed by atoms with Crippen LogP contribution in [0.4, 0.5) is 0 Å². The van der Waals surface area contributed by atoms with Gasteiger partial charge in [-0.3, -0.25) is 0 Å². The summed E-state index contributed by atoms with van der Waals surface area (Å²) in [5.74, 6) is 0. The molecule has 0 atom stereocenters. The highest BCUT2D eigenvalue weighted by molar-refractivity contribution is 7.87. The lowest BCUT2D eigenvalue weighted by atomic mass is 10.0. The van der Waals surface area contributed by atoms with Gasteiger partial charge in [0.15, 0.2) is 0 Å². The molecule has 0 aromatic rings. The lowest BCUT2D eigenvalue weighted by molar-refractivity contribution is 0.245. The van der Waals surface area contributed by atoms with E-state index in [9.17, 15) is 8.42 Å². The molecule has 0 bridgehead atoms. The Labute approximate surface area is 86.1 Å². The van der Waals surface area contributed by atoms with Gasteiger partial charge in [0.2, 0.25) is 0 Å². The Kier molecular flexibility index (Phi) is 5.58. The van der Waals surface area contributed by atoms with Crippen molar-refractivity contribution in [1.82, 2.24) is 9.44 Å². The highest BCUT2D eigenvalue weighted by Gasteiger charge is 2.23. The summed E-state index contributed by atoms with van der Waals surface area (Å²) in [5.41, 5.74) is -0.617. The Morgan fingerprint density at radius 2 is 1.93 bits per heavy atom. The molecule has 3 N–H and O–H groups in total. The van der Waals surface area contributed by atoms with E-state index in [0.29, 0.717) is 13.0 Å². The van der Waals surface area contributed by atoms with Gasteiger partial charge in [0.25, 0.3) is 10.2 Å². The maximum Gasteiger partial charge on any atom is 0.277 e. The molecule has 86 valence electrons. The molecule has 0 aromatic carbocycles. The smallest absolute Gasteiger partial charge is 0.277 e. The zero-order valence-corrected chi connectivity index (χ0v) is 9.82. The number of hydrogen-bond donors (Lipinski definition) is 3. The van der Waals surface area contributed by atoms with E-state index in [4.69, 9.17) is 5.11 Å². The molecule has 0 unspecified atom stereocenters. The summed E-state index contributed by atoms with van der Waals surface area (Å²) >= 11 is 0. The van der Waals surface area contributed by atoms with Gasteiger partial charge >= 0.3 is 0 Å². The van der Waals surface area contributed by atoms with Crippen LogP contribution in [0.15, 0.2) is 0 Å². The number of hydrogen-bond acceptors (Lipinski definition) is 3. The van der Waals surface area contributed by atoms with E-state index in [1.165, 1.54) is 0 Å². The van der Waals surface area contributed by atoms with Crippen molar-refractivity contribution in [3.05, 3.63) is 0 Å². The van der Waals surface area contributed by atoms with Gasteiger partial charge in [-0.15, -0.1) is 0 Å². The van der Waals surface area contributed by atoms with Crippen LogP contribution in [-0.4, -0.2) is 32.2 Å². The third-order valence-corrected chi connectivity index (χ3v) is 3.10. The molecule has 0 aliphatic rings. The first kappa shape index (κ1) is 13.8. The number of aliphatic hydroxyl groups is 1. The largest absolute Gasteiger partial charge is 0.396 e. The van der Waals surface area contributed by atoms with Gasteiger partial charge < -0.3 is 5.11 Å². The van der Waals surface area contributed by atoms with Crippen LogP contribution in [0, 0.1) is 0 Å². The van der Waals surface area contributed by atoms with E-state index in [-0.39, 0.29) is 6.61 Å². The lowest BCUT2D eigenvalue weighted by Gasteiger charge is -2.24. The normalized spacial score (nSPS) is 13.1. The minimum Gasteiger partial charge on any atom is -0.396 e. The Morgan fingerprint density at radius 1 is 1.36 bits per heavy atom. The molecular formula is C8H20N2O3S. The fraction of sp³-hybridized carbons (Fsp3) is 1.00. The van der Waals surface area contributed by atoms with Gasteiger partial charge in [0, 0.05) is 18.7 Å². The molecule has 14 heavy (non-hydrogen) atoms. The van der Waals surface area contributed by atoms with Crippen LogP contribution in [-0.2, 0) is 10.2 Å². The van der Waals surface area contributed by atoms with E-state index in [0.717, 1.165) is 6.42 Å². The predicted molar refractivity (Wildman–Crippen MR) is 56.1 cm³/mol. The van der Waals surface area contributed by atoms with Crippen LogP contribution >= 0.6 is 0 Å². The highest BCUT2D eigenvalue weighted by atomic mass is 32.2. The average Bonchev–Trinajstić information content (AvgIpc) is 1.98. The number of aliphatic hydroxyl groups excluding tert-OH is 1. The molecule has 0 radical (unpaired) electrons. The first-order valence-electron chi connectivity index (χ1n) is 4.72. The highest BCUT2D eigenvalue weighted by Crippen LogP contribution is 2.08. The number of nitrogens with one attached hydrogen (secondary N) is 2. The van der Waals surface area contributed by atoms with Crippen LogP contribution in [0.5, 0.6) is 0 Å². The van der Waals surface area contributed by atoms with Crippen molar-refractivity contribution in [2.24, 2.45) is 0 Å². The third kappa shape index (κ3) is 6.31. The van der Waals surface area contributed by atoms with Crippen molar-refractivity contribution in [1.29, 1.82) is 0 Å². The Morgan fingerprint density at radius 3 is 2.36 bits per heavy atom. The molecule has 0 spiro atoms. The maximum absolute atomic E-state index is 11.4. The monoisotopic (exact) mass is 224 g/mol. The van der Waals surface area contributed by atoms with E-state index in [2.05, 4.69) is 9.44 Å². The third-order valence-electron chi connectivity index (χ3n) is 1.69. The van der Waals surface area contributed by atoms with Crippen molar-refractivity contribution in [2.45, 2.75) is 39.2 Å². The molecule has 0 heterocycles. The van der Waals surface area contributed by atoms with Crippen molar-refractivity contribution in [3.8, 4) is 0 Å². The predicted octanol–water partition coefficient (Wildman–Crippen LogP) is -0.0186. The summed E-state index contributed by atoms with van der Waals surface area (Å²) in [6.45, 7) is 5.73. The Balaban J connectivity index is 4.20. The average molecular weight is 224 g/mol. The van der Waals surface area contributed by atoms with Crippen LogP contribution in [0.3, 0.4) is 0 Å². The molecule has 5 nitrogen and oxygen atoms in total. The Hall–Kier alpha value is -0.170. The van der Waals surface area contributed by atoms with E-state index in [1.807, 2.05) is 6.92 Å². The first-order valence-corrected chi connectivity index (χ1v) is 6.21.